The normalized spacial score (nSPS) is 13.9. The molecule has 0 saturated heterocycles. The number of hydrogen-bond donors (Lipinski definition) is 4. The summed E-state index contributed by atoms with van der Waals surface area (Å²) in [4.78, 5) is 57.9. The number of carbonyl (C=O) groups is 5. The topological polar surface area (TPSA) is 131 Å². The van der Waals surface area contributed by atoms with Crippen LogP contribution >= 0.6 is 12.6 Å². The molecule has 0 aliphatic heterocycles. The van der Waals surface area contributed by atoms with E-state index in [1.807, 2.05) is 0 Å². The molecule has 0 aromatic heterocycles. The maximum atomic E-state index is 12.5. The van der Waals surface area contributed by atoms with Crippen LogP contribution < -0.4 is 16.0 Å². The first-order valence-corrected chi connectivity index (χ1v) is 8.81. The monoisotopic (exact) mass is 389 g/mol. The SMILES string of the molecule is CC(=O)NC(C(=O)NC(CCOC=O)C(=O)NC(CS)C(C)=O)C(C)C. The van der Waals surface area contributed by atoms with E-state index < -0.39 is 29.9 Å². The number of Topliss-reactive ketones (excluding diaryl/α,β-unsaturated/α-hetero) is 1. The lowest BCUT2D eigenvalue weighted by atomic mass is 10.0. The Morgan fingerprint density at radius 3 is 2.00 bits per heavy atom. The molecule has 0 bridgehead atoms. The molecule has 0 spiro atoms. The highest BCUT2D eigenvalue weighted by atomic mass is 32.1. The summed E-state index contributed by atoms with van der Waals surface area (Å²) in [6, 6.07) is -2.67. The van der Waals surface area contributed by atoms with Crippen LogP contribution in [-0.2, 0) is 28.7 Å². The third-order valence-corrected chi connectivity index (χ3v) is 3.89. The summed E-state index contributed by atoms with van der Waals surface area (Å²) in [6.07, 6.45) is 0.0123. The zero-order valence-corrected chi connectivity index (χ0v) is 16.3. The Bertz CT molecular complexity index is 526. The van der Waals surface area contributed by atoms with Gasteiger partial charge >= 0.3 is 0 Å². The van der Waals surface area contributed by atoms with Crippen molar-refractivity contribution in [1.82, 2.24) is 16.0 Å². The third kappa shape index (κ3) is 8.84. The average molecular weight is 389 g/mol. The van der Waals surface area contributed by atoms with Gasteiger partial charge in [-0.15, -0.1) is 0 Å². The second-order valence-corrected chi connectivity index (χ2v) is 6.46. The van der Waals surface area contributed by atoms with Gasteiger partial charge in [-0.25, -0.2) is 0 Å². The van der Waals surface area contributed by atoms with Crippen LogP contribution in [0.2, 0.25) is 0 Å². The Morgan fingerprint density at radius 2 is 1.58 bits per heavy atom. The standard InChI is InChI=1S/C16H27N3O6S/c1-9(2)14(17-11(4)22)16(24)18-12(5-6-25-8-20)15(23)19-13(7-26)10(3)21/h8-9,12-14,26H,5-7H2,1-4H3,(H,17,22)(H,18,24)(H,19,23). The van der Waals surface area contributed by atoms with Gasteiger partial charge in [0.25, 0.3) is 6.47 Å². The van der Waals surface area contributed by atoms with E-state index in [-0.39, 0.29) is 42.9 Å². The van der Waals surface area contributed by atoms with Gasteiger partial charge in [0.15, 0.2) is 5.78 Å². The first-order chi connectivity index (χ1) is 12.1. The van der Waals surface area contributed by atoms with Crippen LogP contribution in [0.25, 0.3) is 0 Å². The maximum absolute atomic E-state index is 12.5. The van der Waals surface area contributed by atoms with Crippen LogP contribution in [0.15, 0.2) is 0 Å². The summed E-state index contributed by atoms with van der Waals surface area (Å²) in [5, 5.41) is 7.55. The minimum Gasteiger partial charge on any atom is -0.468 e. The number of nitrogens with one attached hydrogen (secondary N) is 3. The van der Waals surface area contributed by atoms with Gasteiger partial charge in [-0.1, -0.05) is 13.8 Å². The van der Waals surface area contributed by atoms with Crippen molar-refractivity contribution < 1.29 is 28.7 Å². The molecule has 0 rings (SSSR count). The number of hydrogen-bond acceptors (Lipinski definition) is 7. The minimum absolute atomic E-state index is 0.0123. The Morgan fingerprint density at radius 1 is 1.00 bits per heavy atom. The van der Waals surface area contributed by atoms with Crippen molar-refractivity contribution in [3.05, 3.63) is 0 Å². The Labute approximate surface area is 158 Å². The van der Waals surface area contributed by atoms with E-state index in [0.29, 0.717) is 0 Å². The van der Waals surface area contributed by atoms with E-state index in [4.69, 9.17) is 0 Å². The molecular weight excluding hydrogens is 362 g/mol. The molecule has 26 heavy (non-hydrogen) atoms. The molecule has 3 atom stereocenters. The summed E-state index contributed by atoms with van der Waals surface area (Å²) in [5.74, 6) is -1.92. The van der Waals surface area contributed by atoms with E-state index in [1.165, 1.54) is 13.8 Å². The number of amides is 3. The Hall–Kier alpha value is -2.10. The number of ether oxygens (including phenoxy) is 1. The van der Waals surface area contributed by atoms with Crippen molar-refractivity contribution >= 4 is 42.6 Å². The van der Waals surface area contributed by atoms with Gasteiger partial charge in [0.1, 0.15) is 12.1 Å². The molecule has 0 heterocycles. The largest absolute Gasteiger partial charge is 0.468 e. The van der Waals surface area contributed by atoms with Crippen molar-refractivity contribution in [2.75, 3.05) is 12.4 Å². The minimum atomic E-state index is -1.04. The molecule has 0 saturated carbocycles. The summed E-state index contributed by atoms with van der Waals surface area (Å²) in [6.45, 7) is 6.23. The Kier molecular flexibility index (Phi) is 11.3. The molecule has 9 nitrogen and oxygen atoms in total. The zero-order valence-electron chi connectivity index (χ0n) is 15.4. The van der Waals surface area contributed by atoms with Crippen molar-refractivity contribution in [2.45, 2.75) is 52.2 Å². The lowest BCUT2D eigenvalue weighted by Crippen LogP contribution is -2.57. The molecule has 10 heteroatoms. The quantitative estimate of drug-likeness (QED) is 0.196. The Balaban J connectivity index is 5.18. The summed E-state index contributed by atoms with van der Waals surface area (Å²) in [7, 11) is 0. The predicted octanol–water partition coefficient (Wildman–Crippen LogP) is -0.801. The van der Waals surface area contributed by atoms with Crippen LogP contribution in [0.3, 0.4) is 0 Å². The molecule has 3 amide bonds. The predicted molar refractivity (Wildman–Crippen MR) is 97.5 cm³/mol. The van der Waals surface area contributed by atoms with Gasteiger partial charge in [-0.2, -0.15) is 12.6 Å². The van der Waals surface area contributed by atoms with Crippen molar-refractivity contribution in [3.8, 4) is 0 Å². The van der Waals surface area contributed by atoms with Gasteiger partial charge in [0, 0.05) is 19.1 Å². The van der Waals surface area contributed by atoms with Crippen molar-refractivity contribution in [2.24, 2.45) is 5.92 Å². The first-order valence-electron chi connectivity index (χ1n) is 8.18. The number of thiol groups is 1. The summed E-state index contributed by atoms with van der Waals surface area (Å²) in [5.41, 5.74) is 0. The van der Waals surface area contributed by atoms with E-state index in [2.05, 4.69) is 33.3 Å². The van der Waals surface area contributed by atoms with Gasteiger partial charge < -0.3 is 20.7 Å². The van der Waals surface area contributed by atoms with E-state index in [9.17, 15) is 24.0 Å². The number of rotatable bonds is 12. The third-order valence-electron chi connectivity index (χ3n) is 3.52. The molecule has 0 aliphatic carbocycles. The number of carbonyl (C=O) groups excluding carboxylic acids is 5. The fraction of sp³-hybridized carbons (Fsp3) is 0.688. The maximum Gasteiger partial charge on any atom is 0.293 e. The molecule has 0 aromatic carbocycles. The van der Waals surface area contributed by atoms with Crippen LogP contribution in [0.1, 0.15) is 34.1 Å². The smallest absolute Gasteiger partial charge is 0.293 e. The molecule has 0 aromatic rings. The molecular formula is C16H27N3O6S. The second-order valence-electron chi connectivity index (χ2n) is 6.09. The highest BCUT2D eigenvalue weighted by Gasteiger charge is 2.29. The molecule has 0 aliphatic rings. The summed E-state index contributed by atoms with van der Waals surface area (Å²) >= 11 is 4.01. The molecule has 148 valence electrons. The number of ketones is 1. The van der Waals surface area contributed by atoms with Crippen LogP contribution in [0, 0.1) is 5.92 Å². The van der Waals surface area contributed by atoms with E-state index >= 15 is 0 Å². The molecule has 0 radical (unpaired) electrons. The van der Waals surface area contributed by atoms with Crippen molar-refractivity contribution in [1.29, 1.82) is 0 Å². The fourth-order valence-electron chi connectivity index (χ4n) is 2.07. The second kappa shape index (κ2) is 12.3. The lowest BCUT2D eigenvalue weighted by molar-refractivity contribution is -0.134. The van der Waals surface area contributed by atoms with E-state index in [1.54, 1.807) is 13.8 Å². The van der Waals surface area contributed by atoms with E-state index in [0.717, 1.165) is 0 Å². The van der Waals surface area contributed by atoms with Crippen LogP contribution in [0.5, 0.6) is 0 Å². The van der Waals surface area contributed by atoms with Crippen LogP contribution in [-0.4, -0.2) is 60.5 Å². The molecule has 3 unspecified atom stereocenters. The lowest BCUT2D eigenvalue weighted by Gasteiger charge is -2.25. The fourth-order valence-corrected chi connectivity index (χ4v) is 2.41. The molecule has 3 N–H and O–H groups in total. The average Bonchev–Trinajstić information content (AvgIpc) is 2.55. The zero-order chi connectivity index (χ0) is 20.3. The highest BCUT2D eigenvalue weighted by molar-refractivity contribution is 7.80. The molecule has 0 fully saturated rings. The van der Waals surface area contributed by atoms with Crippen molar-refractivity contribution in [3.63, 3.8) is 0 Å². The highest BCUT2D eigenvalue weighted by Crippen LogP contribution is 2.04. The van der Waals surface area contributed by atoms with Gasteiger partial charge in [0.05, 0.1) is 12.6 Å². The van der Waals surface area contributed by atoms with Gasteiger partial charge in [-0.05, 0) is 12.8 Å². The first kappa shape index (κ1) is 23.9. The van der Waals surface area contributed by atoms with Crippen LogP contribution in [0.4, 0.5) is 0 Å². The van der Waals surface area contributed by atoms with Gasteiger partial charge in [-0.3, -0.25) is 24.0 Å². The summed E-state index contributed by atoms with van der Waals surface area (Å²) < 4.78 is 4.58. The van der Waals surface area contributed by atoms with Gasteiger partial charge in [0.2, 0.25) is 17.7 Å².